The third-order valence-electron chi connectivity index (χ3n) is 4.01. The Bertz CT molecular complexity index is 1130. The normalized spacial score (nSPS) is 11.4. The molecule has 0 fully saturated rings. The molecule has 1 N–H and O–H groups in total. The number of hydrogen-bond acceptors (Lipinski definition) is 5. The summed E-state index contributed by atoms with van der Waals surface area (Å²) in [4.78, 5) is 2.27. The lowest BCUT2D eigenvalue weighted by molar-refractivity contribution is 0.284. The van der Waals surface area contributed by atoms with Gasteiger partial charge in [-0.2, -0.15) is 13.5 Å². The van der Waals surface area contributed by atoms with Gasteiger partial charge in [0.2, 0.25) is 0 Å². The Morgan fingerprint density at radius 1 is 1.03 bits per heavy atom. The molecule has 0 saturated heterocycles. The van der Waals surface area contributed by atoms with E-state index in [0.717, 1.165) is 10.0 Å². The number of nitrogens with one attached hydrogen (secondary N) is 1. The van der Waals surface area contributed by atoms with Crippen molar-refractivity contribution >= 4 is 32.2 Å². The van der Waals surface area contributed by atoms with Crippen LogP contribution in [0.1, 0.15) is 11.1 Å². The Labute approximate surface area is 182 Å². The average molecular weight is 493 g/mol. The predicted octanol–water partition coefficient (Wildman–Crippen LogP) is 4.49. The number of halogens is 2. The van der Waals surface area contributed by atoms with Crippen LogP contribution >= 0.6 is 15.9 Å². The number of methoxy groups -OCH3 is 1. The van der Waals surface area contributed by atoms with Crippen LogP contribution in [0.2, 0.25) is 0 Å². The Balaban J connectivity index is 1.66. The molecule has 0 radical (unpaired) electrons. The van der Waals surface area contributed by atoms with Gasteiger partial charge in [-0.1, -0.05) is 28.1 Å². The van der Waals surface area contributed by atoms with E-state index in [1.807, 2.05) is 0 Å². The highest BCUT2D eigenvalue weighted by atomic mass is 79.9. The van der Waals surface area contributed by atoms with Gasteiger partial charge in [0, 0.05) is 4.47 Å². The summed E-state index contributed by atoms with van der Waals surface area (Å²) in [6.45, 7) is 0.247. The van der Waals surface area contributed by atoms with Gasteiger partial charge in [0.25, 0.3) is 10.0 Å². The molecule has 156 valence electrons. The maximum atomic E-state index is 13.0. The molecule has 0 amide bonds. The van der Waals surface area contributed by atoms with Crippen LogP contribution in [0.4, 0.5) is 4.39 Å². The van der Waals surface area contributed by atoms with Crippen LogP contribution < -0.4 is 14.3 Å². The van der Waals surface area contributed by atoms with Crippen LogP contribution in [0.15, 0.2) is 81.2 Å². The summed E-state index contributed by atoms with van der Waals surface area (Å²) < 4.78 is 49.3. The van der Waals surface area contributed by atoms with E-state index in [-0.39, 0.29) is 17.3 Å². The first-order chi connectivity index (χ1) is 14.4. The SMILES string of the molecule is COc1cc(C=NNS(=O)(=O)c2ccc(Br)cc2)ccc1OCc1ccc(F)cc1. The third-order valence-corrected chi connectivity index (χ3v) is 5.77. The van der Waals surface area contributed by atoms with E-state index in [1.165, 1.54) is 37.6 Å². The zero-order chi connectivity index (χ0) is 21.6. The lowest BCUT2D eigenvalue weighted by Gasteiger charge is -2.11. The minimum Gasteiger partial charge on any atom is -0.493 e. The number of ether oxygens (including phenoxy) is 2. The molecule has 0 aromatic heterocycles. The molecule has 6 nitrogen and oxygen atoms in total. The van der Waals surface area contributed by atoms with Gasteiger partial charge >= 0.3 is 0 Å². The number of nitrogens with zero attached hydrogens (tertiary/aromatic N) is 1. The molecule has 0 aliphatic carbocycles. The van der Waals surface area contributed by atoms with E-state index >= 15 is 0 Å². The molecular weight excluding hydrogens is 475 g/mol. The van der Waals surface area contributed by atoms with Gasteiger partial charge in [-0.15, -0.1) is 0 Å². The minimum atomic E-state index is -3.76. The van der Waals surface area contributed by atoms with Crippen molar-refractivity contribution < 1.29 is 22.3 Å². The fourth-order valence-corrected chi connectivity index (χ4v) is 3.52. The first kappa shape index (κ1) is 21.8. The largest absolute Gasteiger partial charge is 0.493 e. The smallest absolute Gasteiger partial charge is 0.276 e. The quantitative estimate of drug-likeness (QED) is 0.371. The first-order valence-corrected chi connectivity index (χ1v) is 11.0. The van der Waals surface area contributed by atoms with Gasteiger partial charge < -0.3 is 9.47 Å². The number of rotatable bonds is 8. The topological polar surface area (TPSA) is 77.0 Å². The Morgan fingerprint density at radius 2 is 1.73 bits per heavy atom. The fraction of sp³-hybridized carbons (Fsp3) is 0.0952. The number of hydrogen-bond donors (Lipinski definition) is 1. The highest BCUT2D eigenvalue weighted by molar-refractivity contribution is 9.10. The van der Waals surface area contributed by atoms with Crippen LogP contribution in [0.3, 0.4) is 0 Å². The summed E-state index contributed by atoms with van der Waals surface area (Å²) in [5.41, 5.74) is 1.42. The molecule has 3 rings (SSSR count). The van der Waals surface area contributed by atoms with E-state index < -0.39 is 10.0 Å². The van der Waals surface area contributed by atoms with E-state index in [4.69, 9.17) is 9.47 Å². The first-order valence-electron chi connectivity index (χ1n) is 8.73. The van der Waals surface area contributed by atoms with Gasteiger partial charge in [-0.05, 0) is 65.7 Å². The van der Waals surface area contributed by atoms with Gasteiger partial charge in [0.1, 0.15) is 12.4 Å². The second-order valence-corrected chi connectivity index (χ2v) is 8.71. The summed E-state index contributed by atoms with van der Waals surface area (Å²) in [6.07, 6.45) is 1.36. The summed E-state index contributed by atoms with van der Waals surface area (Å²) in [5, 5.41) is 3.81. The second kappa shape index (κ2) is 9.73. The van der Waals surface area contributed by atoms with Crippen molar-refractivity contribution in [1.82, 2.24) is 4.83 Å². The molecule has 30 heavy (non-hydrogen) atoms. The molecule has 3 aromatic carbocycles. The molecule has 0 spiro atoms. The molecule has 0 heterocycles. The summed E-state index contributed by atoms with van der Waals surface area (Å²) in [7, 11) is -2.27. The zero-order valence-corrected chi connectivity index (χ0v) is 18.3. The van der Waals surface area contributed by atoms with E-state index in [2.05, 4.69) is 25.9 Å². The minimum absolute atomic E-state index is 0.102. The van der Waals surface area contributed by atoms with Crippen molar-refractivity contribution in [2.75, 3.05) is 7.11 Å². The van der Waals surface area contributed by atoms with Crippen LogP contribution in [0.25, 0.3) is 0 Å². The molecule has 0 saturated carbocycles. The van der Waals surface area contributed by atoms with Crippen molar-refractivity contribution in [3.63, 3.8) is 0 Å². The van der Waals surface area contributed by atoms with E-state index in [9.17, 15) is 12.8 Å². The van der Waals surface area contributed by atoms with E-state index in [1.54, 1.807) is 42.5 Å². The second-order valence-electron chi connectivity index (χ2n) is 6.13. The molecule has 0 aliphatic rings. The average Bonchev–Trinajstić information content (AvgIpc) is 2.74. The van der Waals surface area contributed by atoms with Crippen molar-refractivity contribution in [1.29, 1.82) is 0 Å². The molecule has 0 atom stereocenters. The molecular formula is C21H18BrFN2O4S. The standard InChI is InChI=1S/C21H18BrFN2O4S/c1-28-21-12-16(4-11-20(21)29-14-15-2-7-18(23)8-3-15)13-24-25-30(26,27)19-9-5-17(22)6-10-19/h2-13,25H,14H2,1H3. The van der Waals surface area contributed by atoms with Crippen LogP contribution in [-0.2, 0) is 16.6 Å². The number of hydrazone groups is 1. The summed E-state index contributed by atoms with van der Waals surface area (Å²) in [5.74, 6) is 0.641. The molecule has 0 bridgehead atoms. The van der Waals surface area contributed by atoms with Crippen LogP contribution in [0.5, 0.6) is 11.5 Å². The van der Waals surface area contributed by atoms with Crippen molar-refractivity contribution in [3.8, 4) is 11.5 Å². The van der Waals surface area contributed by atoms with Crippen molar-refractivity contribution in [2.24, 2.45) is 5.10 Å². The molecule has 0 aliphatic heterocycles. The highest BCUT2D eigenvalue weighted by Crippen LogP contribution is 2.28. The van der Waals surface area contributed by atoms with Crippen LogP contribution in [-0.4, -0.2) is 21.7 Å². The monoisotopic (exact) mass is 492 g/mol. The lowest BCUT2D eigenvalue weighted by Crippen LogP contribution is -2.18. The van der Waals surface area contributed by atoms with Crippen LogP contribution in [0, 0.1) is 5.82 Å². The lowest BCUT2D eigenvalue weighted by atomic mass is 10.2. The summed E-state index contributed by atoms with van der Waals surface area (Å²) in [6, 6.07) is 17.3. The predicted molar refractivity (Wildman–Crippen MR) is 116 cm³/mol. The number of sulfonamides is 1. The molecule has 0 unspecified atom stereocenters. The maximum Gasteiger partial charge on any atom is 0.276 e. The number of benzene rings is 3. The zero-order valence-electron chi connectivity index (χ0n) is 15.9. The van der Waals surface area contributed by atoms with Gasteiger partial charge in [0.05, 0.1) is 18.2 Å². The highest BCUT2D eigenvalue weighted by Gasteiger charge is 2.12. The van der Waals surface area contributed by atoms with Gasteiger partial charge in [0.15, 0.2) is 11.5 Å². The Kier molecular flexibility index (Phi) is 7.07. The van der Waals surface area contributed by atoms with E-state index in [0.29, 0.717) is 17.1 Å². The Morgan fingerprint density at radius 3 is 2.40 bits per heavy atom. The maximum absolute atomic E-state index is 13.0. The molecule has 3 aromatic rings. The fourth-order valence-electron chi connectivity index (χ4n) is 2.46. The third kappa shape index (κ3) is 5.80. The Hall–Kier alpha value is -2.91. The van der Waals surface area contributed by atoms with Gasteiger partial charge in [-0.25, -0.2) is 9.22 Å². The van der Waals surface area contributed by atoms with Crippen molar-refractivity contribution in [3.05, 3.63) is 88.1 Å². The summed E-state index contributed by atoms with van der Waals surface area (Å²) >= 11 is 3.26. The van der Waals surface area contributed by atoms with Gasteiger partial charge in [-0.3, -0.25) is 0 Å². The molecule has 9 heteroatoms. The van der Waals surface area contributed by atoms with Crippen molar-refractivity contribution in [2.45, 2.75) is 11.5 Å².